The Morgan fingerprint density at radius 2 is 2.43 bits per heavy atom. The summed E-state index contributed by atoms with van der Waals surface area (Å²) < 4.78 is 0. The Kier molecular flexibility index (Phi) is 5.11. The highest BCUT2D eigenvalue weighted by atomic mass is 79.9. The molecule has 0 fully saturated rings. The lowest BCUT2D eigenvalue weighted by Crippen LogP contribution is -1.93. The molecular weight excluding hydrogens is 172 g/mol. The summed E-state index contributed by atoms with van der Waals surface area (Å²) in [5.41, 5.74) is 0. The van der Waals surface area contributed by atoms with Crippen LogP contribution in [-0.4, -0.2) is 10.2 Å². The van der Waals surface area contributed by atoms with Crippen molar-refractivity contribution in [1.29, 1.82) is 0 Å². The Bertz CT molecular complexity index is 54.0. The van der Waals surface area contributed by atoms with Gasteiger partial charge in [0.2, 0.25) is 0 Å². The summed E-state index contributed by atoms with van der Waals surface area (Å²) in [5.74, 6) is 0. The van der Waals surface area contributed by atoms with Crippen LogP contribution in [0.4, 0.5) is 0 Å². The lowest BCUT2D eigenvalue weighted by Gasteiger charge is -1.94. The van der Waals surface area contributed by atoms with Gasteiger partial charge in [0.25, 0.3) is 0 Å². The van der Waals surface area contributed by atoms with Crippen LogP contribution in [0, 0.1) is 0 Å². The molecule has 0 aliphatic rings. The molecule has 0 aliphatic carbocycles. The Balaban J connectivity index is 2.98. The number of halogens is 1. The van der Waals surface area contributed by atoms with E-state index in [2.05, 4.69) is 35.1 Å². The number of alkyl halides is 1. The zero-order valence-electron chi connectivity index (χ0n) is 4.36. The maximum absolute atomic E-state index is 4.67. The van der Waals surface area contributed by atoms with Crippen LogP contribution in [-0.2, 0) is 0 Å². The summed E-state index contributed by atoms with van der Waals surface area (Å²) in [4.78, 5) is 0.451. The third-order valence-corrected chi connectivity index (χ3v) is 2.11. The molecule has 1 atom stereocenters. The number of hydrogen-bond acceptors (Lipinski definition) is 1. The molecule has 0 N–H and O–H groups in total. The fourth-order valence-electron chi connectivity index (χ4n) is 0.344. The molecule has 7 heavy (non-hydrogen) atoms. The van der Waals surface area contributed by atoms with Gasteiger partial charge in [0.1, 0.15) is 0 Å². The van der Waals surface area contributed by atoms with E-state index in [0.717, 1.165) is 6.42 Å². The molecule has 0 bridgehead atoms. The highest BCUT2D eigenvalue weighted by Crippen LogP contribution is 2.03. The summed E-state index contributed by atoms with van der Waals surface area (Å²) in [6, 6.07) is 0. The number of hydrogen-bond donors (Lipinski definition) is 0. The lowest BCUT2D eigenvalue weighted by atomic mass is 10.3. The fraction of sp³-hybridized carbons (Fsp3) is 0.800. The smallest absolute Gasteiger partial charge is 0.0428 e. The van der Waals surface area contributed by atoms with E-state index in [1.165, 1.54) is 6.42 Å². The highest BCUT2D eigenvalue weighted by molar-refractivity contribution is 9.10. The second-order valence-electron chi connectivity index (χ2n) is 1.44. The molecule has 0 aromatic rings. The fourth-order valence-corrected chi connectivity index (χ4v) is 0.938. The minimum Gasteiger partial charge on any atom is -0.0923 e. The quantitative estimate of drug-likeness (QED) is 0.476. The standard InChI is InChI=1S/C5H9BrS/c1-2-3-5(6)4-7/h4-5H,2-3H2,1H3. The predicted molar refractivity (Wildman–Crippen MR) is 41.3 cm³/mol. The Hall–Kier alpha value is 0.570. The first kappa shape index (κ1) is 7.57. The zero-order valence-corrected chi connectivity index (χ0v) is 6.76. The molecule has 0 aliphatic heterocycles. The van der Waals surface area contributed by atoms with Crippen LogP contribution in [0.1, 0.15) is 19.8 Å². The van der Waals surface area contributed by atoms with E-state index < -0.39 is 0 Å². The normalized spacial score (nSPS) is 13.4. The van der Waals surface area contributed by atoms with Gasteiger partial charge in [-0.2, -0.15) is 0 Å². The molecule has 0 spiro atoms. The summed E-state index contributed by atoms with van der Waals surface area (Å²) in [6.07, 6.45) is 2.35. The van der Waals surface area contributed by atoms with E-state index in [0.29, 0.717) is 4.83 Å². The van der Waals surface area contributed by atoms with Crippen molar-refractivity contribution in [3.05, 3.63) is 0 Å². The van der Waals surface area contributed by atoms with Gasteiger partial charge in [0.05, 0.1) is 0 Å². The van der Waals surface area contributed by atoms with Gasteiger partial charge >= 0.3 is 0 Å². The van der Waals surface area contributed by atoms with Crippen LogP contribution in [0.15, 0.2) is 0 Å². The second kappa shape index (κ2) is 4.72. The second-order valence-corrected chi connectivity index (χ2v) is 2.89. The molecule has 0 nitrogen and oxygen atoms in total. The van der Waals surface area contributed by atoms with E-state index >= 15 is 0 Å². The van der Waals surface area contributed by atoms with Crippen molar-refractivity contribution in [3.8, 4) is 0 Å². The van der Waals surface area contributed by atoms with Crippen LogP contribution in [0.5, 0.6) is 0 Å². The van der Waals surface area contributed by atoms with Crippen LogP contribution in [0.2, 0.25) is 0 Å². The average molecular weight is 181 g/mol. The average Bonchev–Trinajstić information content (AvgIpc) is 1.68. The van der Waals surface area contributed by atoms with Crippen LogP contribution in [0.3, 0.4) is 0 Å². The molecule has 1 unspecified atom stereocenters. The van der Waals surface area contributed by atoms with Crippen LogP contribution in [0.25, 0.3) is 0 Å². The minimum atomic E-state index is 0.451. The lowest BCUT2D eigenvalue weighted by molar-refractivity contribution is 0.864. The molecule has 0 rings (SSSR count). The van der Waals surface area contributed by atoms with Gasteiger partial charge in [-0.25, -0.2) is 0 Å². The third kappa shape index (κ3) is 4.42. The summed E-state index contributed by atoms with van der Waals surface area (Å²) in [5, 5.41) is 1.75. The molecule has 42 valence electrons. The molecule has 0 radical (unpaired) electrons. The van der Waals surface area contributed by atoms with Crippen molar-refractivity contribution in [1.82, 2.24) is 0 Å². The van der Waals surface area contributed by atoms with E-state index in [1.54, 1.807) is 5.37 Å². The third-order valence-electron chi connectivity index (χ3n) is 0.712. The van der Waals surface area contributed by atoms with Gasteiger partial charge in [0.15, 0.2) is 0 Å². The first-order valence-corrected chi connectivity index (χ1v) is 3.79. The largest absolute Gasteiger partial charge is 0.0923 e. The molecule has 0 saturated carbocycles. The van der Waals surface area contributed by atoms with Crippen molar-refractivity contribution >= 4 is 33.5 Å². The molecule has 0 saturated heterocycles. The topological polar surface area (TPSA) is 0 Å². The molecule has 0 heterocycles. The zero-order chi connectivity index (χ0) is 5.70. The maximum Gasteiger partial charge on any atom is 0.0428 e. The summed E-state index contributed by atoms with van der Waals surface area (Å²) >= 11 is 8.05. The van der Waals surface area contributed by atoms with Gasteiger partial charge < -0.3 is 0 Å². The minimum absolute atomic E-state index is 0.451. The van der Waals surface area contributed by atoms with Gasteiger partial charge in [-0.15, -0.1) is 0 Å². The molecule has 2 heteroatoms. The Labute approximate surface area is 58.4 Å². The van der Waals surface area contributed by atoms with Crippen LogP contribution < -0.4 is 0 Å². The SMILES string of the molecule is CCCC(Br)C=S. The van der Waals surface area contributed by atoms with Gasteiger partial charge in [0, 0.05) is 4.83 Å². The Morgan fingerprint density at radius 1 is 1.86 bits per heavy atom. The predicted octanol–water partition coefficient (Wildman–Crippen LogP) is 2.55. The first-order valence-electron chi connectivity index (χ1n) is 2.40. The number of rotatable bonds is 3. The molecule has 0 aromatic carbocycles. The van der Waals surface area contributed by atoms with Crippen molar-refractivity contribution in [2.45, 2.75) is 24.6 Å². The van der Waals surface area contributed by atoms with Crippen LogP contribution >= 0.6 is 28.1 Å². The summed E-state index contributed by atoms with van der Waals surface area (Å²) in [7, 11) is 0. The van der Waals surface area contributed by atoms with Gasteiger partial charge in [-0.3, -0.25) is 0 Å². The van der Waals surface area contributed by atoms with Crippen molar-refractivity contribution < 1.29 is 0 Å². The van der Waals surface area contributed by atoms with E-state index in [4.69, 9.17) is 0 Å². The van der Waals surface area contributed by atoms with Crippen molar-refractivity contribution in [2.24, 2.45) is 0 Å². The molecule has 0 amide bonds. The molecular formula is C5H9BrS. The van der Waals surface area contributed by atoms with E-state index in [-0.39, 0.29) is 0 Å². The highest BCUT2D eigenvalue weighted by Gasteiger charge is 1.92. The number of thiocarbonyl (C=S) groups is 1. The Morgan fingerprint density at radius 3 is 2.57 bits per heavy atom. The van der Waals surface area contributed by atoms with E-state index in [1.807, 2.05) is 0 Å². The molecule has 0 aromatic heterocycles. The van der Waals surface area contributed by atoms with Gasteiger partial charge in [-0.05, 0) is 11.8 Å². The van der Waals surface area contributed by atoms with E-state index in [9.17, 15) is 0 Å². The van der Waals surface area contributed by atoms with Crippen molar-refractivity contribution in [2.75, 3.05) is 0 Å². The monoisotopic (exact) mass is 180 g/mol. The van der Waals surface area contributed by atoms with Gasteiger partial charge in [-0.1, -0.05) is 41.5 Å². The maximum atomic E-state index is 4.67. The summed E-state index contributed by atoms with van der Waals surface area (Å²) in [6.45, 7) is 2.15. The first-order chi connectivity index (χ1) is 3.31. The van der Waals surface area contributed by atoms with Crippen molar-refractivity contribution in [3.63, 3.8) is 0 Å².